The molecule has 10 heteroatoms. The second-order valence-electron chi connectivity index (χ2n) is 5.62. The summed E-state index contributed by atoms with van der Waals surface area (Å²) in [6.07, 6.45) is 1.91. The predicted molar refractivity (Wildman–Crippen MR) is 95.1 cm³/mol. The number of rotatable bonds is 6. The Balaban J connectivity index is 1.60. The van der Waals surface area contributed by atoms with Gasteiger partial charge in [0.05, 0.1) is 0 Å². The molecule has 1 aliphatic heterocycles. The number of carbonyl (C=O) groups is 1. The van der Waals surface area contributed by atoms with E-state index < -0.39 is 15.9 Å². The fraction of sp³-hybridized carbons (Fsp3) is 0.429. The van der Waals surface area contributed by atoms with Gasteiger partial charge in [-0.2, -0.15) is 0 Å². The molecule has 1 saturated heterocycles. The van der Waals surface area contributed by atoms with E-state index in [0.29, 0.717) is 17.3 Å². The molecule has 3 rings (SSSR count). The van der Waals surface area contributed by atoms with E-state index in [9.17, 15) is 13.2 Å². The molecule has 1 aliphatic rings. The highest BCUT2D eigenvalue weighted by atomic mass is 32.2. The van der Waals surface area contributed by atoms with Gasteiger partial charge in [0, 0.05) is 25.0 Å². The number of hydrogen-bond acceptors (Lipinski definition) is 7. The minimum atomic E-state index is -3.43. The molecule has 0 bridgehead atoms. The number of primary amides is 1. The highest BCUT2D eigenvalue weighted by Crippen LogP contribution is 2.26. The molecule has 0 spiro atoms. The van der Waals surface area contributed by atoms with Crippen LogP contribution < -0.4 is 15.4 Å². The van der Waals surface area contributed by atoms with Gasteiger partial charge in [-0.05, 0) is 30.2 Å². The Kier molecular flexibility index (Phi) is 5.18. The van der Waals surface area contributed by atoms with Crippen LogP contribution in [0.5, 0.6) is 0 Å². The largest absolute Gasteiger partial charge is 0.364 e. The van der Waals surface area contributed by atoms with E-state index in [1.165, 1.54) is 22.7 Å². The van der Waals surface area contributed by atoms with Crippen molar-refractivity contribution in [3.05, 3.63) is 28.6 Å². The highest BCUT2D eigenvalue weighted by molar-refractivity contribution is 7.91. The second kappa shape index (κ2) is 7.18. The predicted octanol–water partition coefficient (Wildman–Crippen LogP) is 1.50. The summed E-state index contributed by atoms with van der Waals surface area (Å²) in [5.74, 6) is -0.329. The quantitative estimate of drug-likeness (QED) is 0.783. The van der Waals surface area contributed by atoms with Crippen LogP contribution in [0.4, 0.5) is 5.13 Å². The zero-order valence-electron chi connectivity index (χ0n) is 12.8. The van der Waals surface area contributed by atoms with Gasteiger partial charge in [0.25, 0.3) is 5.91 Å². The van der Waals surface area contributed by atoms with Crippen molar-refractivity contribution in [2.24, 2.45) is 11.7 Å². The summed E-state index contributed by atoms with van der Waals surface area (Å²) in [6, 6.07) is 3.32. The molecular formula is C14H18N4O3S3. The summed E-state index contributed by atoms with van der Waals surface area (Å²) in [6.45, 7) is 1.95. The van der Waals surface area contributed by atoms with Crippen molar-refractivity contribution in [2.75, 3.05) is 24.5 Å². The number of nitrogens with zero attached hydrogens (tertiary/aromatic N) is 2. The third-order valence-electron chi connectivity index (χ3n) is 3.86. The minimum Gasteiger partial charge on any atom is -0.364 e. The molecule has 2 aromatic rings. The van der Waals surface area contributed by atoms with Crippen molar-refractivity contribution in [2.45, 2.75) is 17.1 Å². The Morgan fingerprint density at radius 2 is 2.29 bits per heavy atom. The van der Waals surface area contributed by atoms with Crippen LogP contribution in [0.25, 0.3) is 0 Å². The van der Waals surface area contributed by atoms with Crippen molar-refractivity contribution < 1.29 is 13.2 Å². The summed E-state index contributed by atoms with van der Waals surface area (Å²) in [5.41, 5.74) is 5.51. The van der Waals surface area contributed by atoms with Crippen molar-refractivity contribution in [3.8, 4) is 0 Å². The van der Waals surface area contributed by atoms with Crippen molar-refractivity contribution in [3.63, 3.8) is 0 Å². The van der Waals surface area contributed by atoms with Crippen LogP contribution in [0.15, 0.2) is 27.1 Å². The summed E-state index contributed by atoms with van der Waals surface area (Å²) >= 11 is 2.59. The maximum atomic E-state index is 12.2. The Morgan fingerprint density at radius 1 is 1.46 bits per heavy atom. The molecule has 7 nitrogen and oxygen atoms in total. The number of sulfonamides is 1. The average molecular weight is 387 g/mol. The molecular weight excluding hydrogens is 368 g/mol. The van der Waals surface area contributed by atoms with Gasteiger partial charge in [0.1, 0.15) is 9.90 Å². The van der Waals surface area contributed by atoms with E-state index in [0.717, 1.165) is 24.5 Å². The van der Waals surface area contributed by atoms with Crippen LogP contribution >= 0.6 is 22.7 Å². The Labute approximate surface area is 148 Å². The lowest BCUT2D eigenvalue weighted by atomic mass is 9.99. The summed E-state index contributed by atoms with van der Waals surface area (Å²) in [5, 5.41) is 4.16. The van der Waals surface area contributed by atoms with Crippen LogP contribution in [0.3, 0.4) is 0 Å². The van der Waals surface area contributed by atoms with Crippen LogP contribution in [0.2, 0.25) is 0 Å². The van der Waals surface area contributed by atoms with Gasteiger partial charge in [-0.15, -0.1) is 22.7 Å². The number of nitrogens with one attached hydrogen (secondary N) is 1. The number of thiazole rings is 1. The number of carbonyl (C=O) groups excluding carboxylic acids is 1. The van der Waals surface area contributed by atoms with Crippen molar-refractivity contribution in [1.29, 1.82) is 0 Å². The normalized spacial score (nSPS) is 18.7. The van der Waals surface area contributed by atoms with Crippen molar-refractivity contribution >= 4 is 43.7 Å². The lowest BCUT2D eigenvalue weighted by molar-refractivity contribution is 0.0996. The third-order valence-corrected chi connectivity index (χ3v) is 7.58. The molecule has 1 fully saturated rings. The monoisotopic (exact) mass is 386 g/mol. The number of amides is 1. The van der Waals surface area contributed by atoms with Crippen LogP contribution in [0, 0.1) is 5.92 Å². The molecule has 0 radical (unpaired) electrons. The summed E-state index contributed by atoms with van der Waals surface area (Å²) < 4.78 is 27.4. The Bertz CT molecular complexity index is 801. The SMILES string of the molecule is NC(=O)c1csc(N2CCC[C@H](CNS(=O)(=O)c3cccs3)C2)n1. The first-order chi connectivity index (χ1) is 11.5. The van der Waals surface area contributed by atoms with E-state index in [1.54, 1.807) is 22.9 Å². The summed E-state index contributed by atoms with van der Waals surface area (Å²) in [4.78, 5) is 17.5. The van der Waals surface area contributed by atoms with Crippen LogP contribution in [-0.2, 0) is 10.0 Å². The van der Waals surface area contributed by atoms with E-state index in [1.807, 2.05) is 0 Å². The molecule has 130 valence electrons. The maximum Gasteiger partial charge on any atom is 0.268 e. The van der Waals surface area contributed by atoms with Crippen LogP contribution in [-0.4, -0.2) is 38.9 Å². The highest BCUT2D eigenvalue weighted by Gasteiger charge is 2.24. The zero-order valence-corrected chi connectivity index (χ0v) is 15.3. The number of hydrogen-bond donors (Lipinski definition) is 2. The maximum absolute atomic E-state index is 12.2. The minimum absolute atomic E-state index is 0.203. The third kappa shape index (κ3) is 3.94. The lowest BCUT2D eigenvalue weighted by Gasteiger charge is -2.32. The molecule has 3 N–H and O–H groups in total. The fourth-order valence-corrected chi connectivity index (χ4v) is 5.65. The first-order valence-corrected chi connectivity index (χ1v) is 10.7. The smallest absolute Gasteiger partial charge is 0.268 e. The zero-order chi connectivity index (χ0) is 17.2. The van der Waals surface area contributed by atoms with E-state index in [2.05, 4.69) is 14.6 Å². The molecule has 1 atom stereocenters. The van der Waals surface area contributed by atoms with Crippen LogP contribution in [0.1, 0.15) is 23.3 Å². The van der Waals surface area contributed by atoms with Gasteiger partial charge >= 0.3 is 0 Å². The van der Waals surface area contributed by atoms with Gasteiger partial charge in [-0.3, -0.25) is 4.79 Å². The molecule has 0 aliphatic carbocycles. The molecule has 0 aromatic carbocycles. The van der Waals surface area contributed by atoms with Gasteiger partial charge in [-0.25, -0.2) is 18.1 Å². The van der Waals surface area contributed by atoms with E-state index >= 15 is 0 Å². The number of aromatic nitrogens is 1. The summed E-state index contributed by atoms with van der Waals surface area (Å²) in [7, 11) is -3.43. The second-order valence-corrected chi connectivity index (χ2v) is 9.40. The fourth-order valence-electron chi connectivity index (χ4n) is 2.64. The van der Waals surface area contributed by atoms with Gasteiger partial charge in [0.15, 0.2) is 5.13 Å². The molecule has 0 unspecified atom stereocenters. The first-order valence-electron chi connectivity index (χ1n) is 7.49. The van der Waals surface area contributed by atoms with E-state index in [-0.39, 0.29) is 11.6 Å². The number of anilines is 1. The van der Waals surface area contributed by atoms with Gasteiger partial charge in [0.2, 0.25) is 10.0 Å². The molecule has 2 aromatic heterocycles. The molecule has 3 heterocycles. The average Bonchev–Trinajstić information content (AvgIpc) is 3.25. The molecule has 0 saturated carbocycles. The van der Waals surface area contributed by atoms with Gasteiger partial charge in [-0.1, -0.05) is 6.07 Å². The number of piperidine rings is 1. The Hall–Kier alpha value is -1.49. The number of thiophene rings is 1. The van der Waals surface area contributed by atoms with E-state index in [4.69, 9.17) is 5.73 Å². The molecule has 24 heavy (non-hydrogen) atoms. The molecule has 1 amide bonds. The standard InChI is InChI=1S/C14H18N4O3S3/c15-13(19)11-9-23-14(17-11)18-5-1-3-10(8-18)7-16-24(20,21)12-4-2-6-22-12/h2,4,6,9-10,16H,1,3,5,7-8H2,(H2,15,19)/t10-/m1/s1. The lowest BCUT2D eigenvalue weighted by Crippen LogP contribution is -2.40. The topological polar surface area (TPSA) is 105 Å². The number of nitrogens with two attached hydrogens (primary N) is 1. The first kappa shape index (κ1) is 17.3. The van der Waals surface area contributed by atoms with Gasteiger partial charge < -0.3 is 10.6 Å². The van der Waals surface area contributed by atoms with Crippen molar-refractivity contribution in [1.82, 2.24) is 9.71 Å². The Morgan fingerprint density at radius 3 is 2.96 bits per heavy atom.